The standard InChI is InChI=1S/C25H31FN2O5S/c1-16(2)25-22(13-12-20-14-19(29)15-24(30)33-20)21(17-8-10-18(26)11-9-17)6-5-7-23(27-25)28(3)34(4,31)32/h6,8-13,16,19-20,29H,5,7,14-15H2,1-4H3/b13-12+,21-6?,25-22?,27-23?/t19-,20-/m1/s1. The number of esters is 1. The van der Waals surface area contributed by atoms with Crippen molar-refractivity contribution in [2.45, 2.75) is 51.7 Å². The Morgan fingerprint density at radius 1 is 1.26 bits per heavy atom. The van der Waals surface area contributed by atoms with Gasteiger partial charge in [0.2, 0.25) is 10.0 Å². The summed E-state index contributed by atoms with van der Waals surface area (Å²) in [5.74, 6) is -0.470. The lowest BCUT2D eigenvalue weighted by Crippen LogP contribution is -2.33. The Bertz CT molecular complexity index is 1150. The zero-order valence-corrected chi connectivity index (χ0v) is 20.7. The minimum atomic E-state index is -3.50. The summed E-state index contributed by atoms with van der Waals surface area (Å²) in [6, 6.07) is 6.14. The van der Waals surface area contributed by atoms with Crippen molar-refractivity contribution in [3.05, 3.63) is 65.1 Å². The summed E-state index contributed by atoms with van der Waals surface area (Å²) >= 11 is 0. The summed E-state index contributed by atoms with van der Waals surface area (Å²) < 4.78 is 44.5. The van der Waals surface area contributed by atoms with Crippen LogP contribution in [-0.4, -0.2) is 55.1 Å². The predicted octanol–water partition coefficient (Wildman–Crippen LogP) is 3.83. The van der Waals surface area contributed by atoms with Crippen molar-refractivity contribution in [3.63, 3.8) is 0 Å². The zero-order valence-electron chi connectivity index (χ0n) is 19.9. The van der Waals surface area contributed by atoms with Crippen LogP contribution < -0.4 is 0 Å². The minimum Gasteiger partial charge on any atom is -0.458 e. The van der Waals surface area contributed by atoms with Gasteiger partial charge < -0.3 is 9.84 Å². The molecule has 0 unspecified atom stereocenters. The van der Waals surface area contributed by atoms with Crippen molar-refractivity contribution in [1.82, 2.24) is 4.31 Å². The van der Waals surface area contributed by atoms with Crippen LogP contribution in [0.1, 0.15) is 45.1 Å². The largest absolute Gasteiger partial charge is 0.458 e. The summed E-state index contributed by atoms with van der Waals surface area (Å²) in [6.07, 6.45) is 6.45. The van der Waals surface area contributed by atoms with E-state index in [1.807, 2.05) is 19.9 Å². The molecule has 1 saturated heterocycles. The van der Waals surface area contributed by atoms with Gasteiger partial charge in [0.25, 0.3) is 0 Å². The number of aliphatic imine (C=N–C) groups is 1. The van der Waals surface area contributed by atoms with Crippen LogP contribution >= 0.6 is 0 Å². The molecule has 0 radical (unpaired) electrons. The molecular weight excluding hydrogens is 459 g/mol. The smallest absolute Gasteiger partial charge is 0.309 e. The molecular formula is C25H31FN2O5S. The number of aliphatic hydroxyl groups is 1. The fraction of sp³-hybridized carbons (Fsp3) is 0.440. The summed E-state index contributed by atoms with van der Waals surface area (Å²) in [6.45, 7) is 3.91. The fourth-order valence-corrected chi connectivity index (χ4v) is 4.43. The monoisotopic (exact) mass is 490 g/mol. The first-order valence-electron chi connectivity index (χ1n) is 11.2. The Morgan fingerprint density at radius 3 is 2.53 bits per heavy atom. The first-order chi connectivity index (χ1) is 16.0. The lowest BCUT2D eigenvalue weighted by atomic mass is 9.90. The SMILES string of the molecule is CC(C)C1=C(/C=C/[C@@H]2C[C@@H](O)CC(=O)O2)C(c2ccc(F)cc2)=CCCC(N(C)S(C)(=O)=O)=N1. The molecule has 0 spiro atoms. The number of aliphatic hydroxyl groups excluding tert-OH is 1. The third kappa shape index (κ3) is 6.42. The van der Waals surface area contributed by atoms with E-state index < -0.39 is 28.2 Å². The number of benzene rings is 1. The molecule has 0 amide bonds. The molecule has 1 aromatic rings. The molecule has 2 atom stereocenters. The Labute approximate surface area is 200 Å². The maximum Gasteiger partial charge on any atom is 0.309 e. The Hall–Kier alpha value is -2.78. The highest BCUT2D eigenvalue weighted by Gasteiger charge is 2.26. The van der Waals surface area contributed by atoms with E-state index in [2.05, 4.69) is 0 Å². The van der Waals surface area contributed by atoms with Crippen LogP contribution in [0, 0.1) is 11.7 Å². The Morgan fingerprint density at radius 2 is 1.94 bits per heavy atom. The highest BCUT2D eigenvalue weighted by molar-refractivity contribution is 7.88. The molecule has 2 aliphatic heterocycles. The lowest BCUT2D eigenvalue weighted by Gasteiger charge is -2.25. The van der Waals surface area contributed by atoms with E-state index >= 15 is 0 Å². The highest BCUT2D eigenvalue weighted by atomic mass is 32.2. The van der Waals surface area contributed by atoms with Crippen molar-refractivity contribution < 1.29 is 27.4 Å². The first-order valence-corrected chi connectivity index (χ1v) is 13.1. The van der Waals surface area contributed by atoms with E-state index in [-0.39, 0.29) is 24.6 Å². The zero-order chi connectivity index (χ0) is 25.0. The number of allylic oxidation sites excluding steroid dienone is 5. The molecule has 0 aliphatic carbocycles. The van der Waals surface area contributed by atoms with Gasteiger partial charge in [0.05, 0.1) is 24.5 Å². The van der Waals surface area contributed by atoms with Crippen molar-refractivity contribution in [2.75, 3.05) is 13.3 Å². The Kier molecular flexibility index (Phi) is 8.09. The molecule has 1 N–H and O–H groups in total. The van der Waals surface area contributed by atoms with E-state index in [0.717, 1.165) is 23.0 Å². The van der Waals surface area contributed by atoms with Crippen LogP contribution in [0.15, 0.2) is 58.8 Å². The van der Waals surface area contributed by atoms with E-state index in [9.17, 15) is 22.7 Å². The molecule has 2 heterocycles. The van der Waals surface area contributed by atoms with Crippen LogP contribution in [0.5, 0.6) is 0 Å². The van der Waals surface area contributed by atoms with Crippen molar-refractivity contribution in [1.29, 1.82) is 0 Å². The van der Waals surface area contributed by atoms with E-state index in [0.29, 0.717) is 24.4 Å². The van der Waals surface area contributed by atoms with Gasteiger partial charge in [0.1, 0.15) is 17.8 Å². The average molecular weight is 491 g/mol. The number of hydrogen-bond donors (Lipinski definition) is 1. The van der Waals surface area contributed by atoms with Gasteiger partial charge in [-0.25, -0.2) is 17.8 Å². The molecule has 184 valence electrons. The van der Waals surface area contributed by atoms with Crippen LogP contribution in [0.2, 0.25) is 0 Å². The van der Waals surface area contributed by atoms with Crippen LogP contribution in [0.3, 0.4) is 0 Å². The number of nitrogens with zero attached hydrogens (tertiary/aromatic N) is 2. The molecule has 3 rings (SSSR count). The molecule has 0 aromatic heterocycles. The fourth-order valence-electron chi connectivity index (χ4n) is 3.92. The number of ether oxygens (including phenoxy) is 1. The molecule has 2 aliphatic rings. The van der Waals surface area contributed by atoms with Gasteiger partial charge in [-0.05, 0) is 41.7 Å². The van der Waals surface area contributed by atoms with E-state index in [1.54, 1.807) is 24.3 Å². The van der Waals surface area contributed by atoms with Gasteiger partial charge in [-0.15, -0.1) is 0 Å². The number of rotatable bonds is 5. The molecule has 1 aromatic carbocycles. The summed E-state index contributed by atoms with van der Waals surface area (Å²) in [5, 5.41) is 9.96. The lowest BCUT2D eigenvalue weighted by molar-refractivity contribution is -0.156. The summed E-state index contributed by atoms with van der Waals surface area (Å²) in [7, 11) is -2.01. The third-order valence-corrected chi connectivity index (χ3v) is 6.97. The van der Waals surface area contributed by atoms with E-state index in [4.69, 9.17) is 9.73 Å². The van der Waals surface area contributed by atoms with Gasteiger partial charge in [-0.3, -0.25) is 9.10 Å². The van der Waals surface area contributed by atoms with Crippen LogP contribution in [-0.2, 0) is 19.6 Å². The number of halogens is 1. The van der Waals surface area contributed by atoms with Gasteiger partial charge in [0.15, 0.2) is 0 Å². The number of hydrogen-bond acceptors (Lipinski definition) is 6. The van der Waals surface area contributed by atoms with Crippen molar-refractivity contribution >= 4 is 27.4 Å². The number of cyclic esters (lactones) is 1. The number of amidine groups is 1. The van der Waals surface area contributed by atoms with Crippen molar-refractivity contribution in [2.24, 2.45) is 10.9 Å². The average Bonchev–Trinajstić information content (AvgIpc) is 2.72. The number of carbonyl (C=O) groups is 1. The maximum atomic E-state index is 13.6. The first kappa shape index (κ1) is 25.8. The van der Waals surface area contributed by atoms with E-state index in [1.165, 1.54) is 23.5 Å². The normalized spacial score (nSPS) is 22.3. The summed E-state index contributed by atoms with van der Waals surface area (Å²) in [4.78, 5) is 16.6. The second-order valence-electron chi connectivity index (χ2n) is 8.86. The molecule has 34 heavy (non-hydrogen) atoms. The van der Waals surface area contributed by atoms with Gasteiger partial charge >= 0.3 is 5.97 Å². The van der Waals surface area contributed by atoms with Crippen LogP contribution in [0.4, 0.5) is 4.39 Å². The Balaban J connectivity index is 2.16. The van der Waals surface area contributed by atoms with Crippen LogP contribution in [0.25, 0.3) is 5.57 Å². The molecule has 7 nitrogen and oxygen atoms in total. The second kappa shape index (κ2) is 10.7. The molecule has 0 bridgehead atoms. The molecule has 0 saturated carbocycles. The quantitative estimate of drug-likeness (QED) is 0.633. The number of sulfonamides is 1. The minimum absolute atomic E-state index is 0.0313. The highest BCUT2D eigenvalue weighted by Crippen LogP contribution is 2.34. The third-order valence-electron chi connectivity index (χ3n) is 5.76. The van der Waals surface area contributed by atoms with Gasteiger partial charge in [-0.2, -0.15) is 0 Å². The van der Waals surface area contributed by atoms with Gasteiger partial charge in [-0.1, -0.05) is 38.1 Å². The maximum absolute atomic E-state index is 13.6. The predicted molar refractivity (Wildman–Crippen MR) is 130 cm³/mol. The van der Waals surface area contributed by atoms with Crippen molar-refractivity contribution in [3.8, 4) is 0 Å². The molecule has 9 heteroatoms. The number of carbonyl (C=O) groups excluding carboxylic acids is 1. The topological polar surface area (TPSA) is 96.3 Å². The summed E-state index contributed by atoms with van der Waals surface area (Å²) in [5.41, 5.74) is 2.99. The van der Waals surface area contributed by atoms with Gasteiger partial charge in [0, 0.05) is 25.5 Å². The molecule has 1 fully saturated rings. The second-order valence-corrected chi connectivity index (χ2v) is 10.9.